The minimum absolute atomic E-state index is 0.0352. The molecule has 2 atom stereocenters. The highest BCUT2D eigenvalue weighted by molar-refractivity contribution is 5.95. The molecule has 4 nitrogen and oxygen atoms in total. The smallest absolute Gasteiger partial charge is 0.254 e. The molecule has 1 aromatic carbocycles. The van der Waals surface area contributed by atoms with Crippen molar-refractivity contribution in [3.8, 4) is 0 Å². The fraction of sp³-hybridized carbons (Fsp3) is 0.500. The Morgan fingerprint density at radius 1 is 1.53 bits per heavy atom. The van der Waals surface area contributed by atoms with E-state index < -0.39 is 0 Å². The first kappa shape index (κ1) is 14.0. The van der Waals surface area contributed by atoms with Gasteiger partial charge in [0, 0.05) is 25.2 Å². The maximum Gasteiger partial charge on any atom is 0.254 e. The third-order valence-electron chi connectivity index (χ3n) is 3.30. The van der Waals surface area contributed by atoms with Crippen molar-refractivity contribution in [1.82, 2.24) is 4.90 Å². The fourth-order valence-corrected chi connectivity index (χ4v) is 2.38. The number of carbonyl (C=O) groups is 1. The van der Waals surface area contributed by atoms with Crippen LogP contribution in [0.2, 0.25) is 0 Å². The number of hydrogen-bond acceptors (Lipinski definition) is 3. The minimum Gasteiger partial charge on any atom is -0.370 e. The van der Waals surface area contributed by atoms with Crippen LogP contribution >= 0.6 is 0 Å². The molecule has 5 heteroatoms. The first-order valence-corrected chi connectivity index (χ1v) is 6.42. The van der Waals surface area contributed by atoms with Gasteiger partial charge in [-0.25, -0.2) is 4.39 Å². The highest BCUT2D eigenvalue weighted by atomic mass is 19.1. The van der Waals surface area contributed by atoms with Crippen LogP contribution < -0.4 is 5.73 Å². The molecule has 0 saturated carbocycles. The van der Waals surface area contributed by atoms with Crippen molar-refractivity contribution in [1.29, 1.82) is 0 Å². The van der Waals surface area contributed by atoms with Crippen LogP contribution in [0.5, 0.6) is 0 Å². The Bertz CT molecular complexity index is 479. The summed E-state index contributed by atoms with van der Waals surface area (Å²) in [6.07, 6.45) is -0.166. The van der Waals surface area contributed by atoms with E-state index in [1.165, 1.54) is 18.2 Å². The van der Waals surface area contributed by atoms with Crippen LogP contribution in [-0.2, 0) is 4.74 Å². The van der Waals surface area contributed by atoms with Crippen molar-refractivity contribution in [2.45, 2.75) is 26.1 Å². The van der Waals surface area contributed by atoms with Crippen LogP contribution in [0.25, 0.3) is 0 Å². The number of aryl methyl sites for hydroxylation is 1. The standard InChI is InChI=1S/C14H19FN2O2/c1-9-5-11(15)3-4-13(9)14(18)17-7-10(2)19-12(6-16)8-17/h3-5,10,12H,6-8,16H2,1-2H3. The summed E-state index contributed by atoms with van der Waals surface area (Å²) >= 11 is 0. The number of halogens is 1. The zero-order chi connectivity index (χ0) is 14.0. The summed E-state index contributed by atoms with van der Waals surface area (Å²) in [5.41, 5.74) is 6.78. The molecular formula is C14H19FN2O2. The highest BCUT2D eigenvalue weighted by Gasteiger charge is 2.28. The van der Waals surface area contributed by atoms with Crippen molar-refractivity contribution in [3.63, 3.8) is 0 Å². The van der Waals surface area contributed by atoms with E-state index in [0.29, 0.717) is 30.8 Å². The zero-order valence-electron chi connectivity index (χ0n) is 11.2. The predicted molar refractivity (Wildman–Crippen MR) is 70.4 cm³/mol. The maximum absolute atomic E-state index is 13.1. The van der Waals surface area contributed by atoms with Crippen molar-refractivity contribution in [2.75, 3.05) is 19.6 Å². The van der Waals surface area contributed by atoms with E-state index in [2.05, 4.69) is 0 Å². The first-order valence-electron chi connectivity index (χ1n) is 6.42. The van der Waals surface area contributed by atoms with E-state index in [1.54, 1.807) is 11.8 Å². The van der Waals surface area contributed by atoms with Gasteiger partial charge in [0.15, 0.2) is 0 Å². The molecule has 19 heavy (non-hydrogen) atoms. The topological polar surface area (TPSA) is 55.6 Å². The van der Waals surface area contributed by atoms with Gasteiger partial charge >= 0.3 is 0 Å². The van der Waals surface area contributed by atoms with E-state index in [0.717, 1.165) is 0 Å². The molecule has 1 aromatic rings. The Hall–Kier alpha value is -1.46. The Labute approximate surface area is 112 Å². The summed E-state index contributed by atoms with van der Waals surface area (Å²) in [4.78, 5) is 14.2. The molecule has 0 aliphatic carbocycles. The number of nitrogens with zero attached hydrogens (tertiary/aromatic N) is 1. The number of nitrogens with two attached hydrogens (primary N) is 1. The van der Waals surface area contributed by atoms with Crippen LogP contribution in [0, 0.1) is 12.7 Å². The van der Waals surface area contributed by atoms with Crippen LogP contribution in [-0.4, -0.2) is 42.6 Å². The number of morpholine rings is 1. The second kappa shape index (κ2) is 5.67. The molecule has 0 radical (unpaired) electrons. The van der Waals surface area contributed by atoms with Gasteiger partial charge in [-0.05, 0) is 37.6 Å². The van der Waals surface area contributed by atoms with Gasteiger partial charge in [0.1, 0.15) is 5.82 Å². The van der Waals surface area contributed by atoms with Crippen molar-refractivity contribution >= 4 is 5.91 Å². The molecule has 0 aromatic heterocycles. The lowest BCUT2D eigenvalue weighted by Crippen LogP contribution is -2.51. The van der Waals surface area contributed by atoms with Crippen molar-refractivity contribution in [3.05, 3.63) is 35.1 Å². The largest absolute Gasteiger partial charge is 0.370 e. The lowest BCUT2D eigenvalue weighted by molar-refractivity contribution is -0.0626. The zero-order valence-corrected chi connectivity index (χ0v) is 11.2. The van der Waals surface area contributed by atoms with Crippen LogP contribution in [0.4, 0.5) is 4.39 Å². The second-order valence-electron chi connectivity index (χ2n) is 4.97. The van der Waals surface area contributed by atoms with Gasteiger partial charge in [0.25, 0.3) is 5.91 Å². The molecule has 0 spiro atoms. The fourth-order valence-electron chi connectivity index (χ4n) is 2.38. The second-order valence-corrected chi connectivity index (χ2v) is 4.97. The number of ether oxygens (including phenoxy) is 1. The summed E-state index contributed by atoms with van der Waals surface area (Å²) < 4.78 is 18.7. The third-order valence-corrected chi connectivity index (χ3v) is 3.30. The van der Waals surface area contributed by atoms with E-state index in [9.17, 15) is 9.18 Å². The average molecular weight is 266 g/mol. The van der Waals surface area contributed by atoms with E-state index >= 15 is 0 Å². The summed E-state index contributed by atoms with van der Waals surface area (Å²) in [5.74, 6) is -0.421. The number of carbonyl (C=O) groups excluding carboxylic acids is 1. The molecule has 1 aliphatic heterocycles. The Morgan fingerprint density at radius 2 is 2.26 bits per heavy atom. The average Bonchev–Trinajstić information content (AvgIpc) is 2.37. The molecule has 1 heterocycles. The number of amides is 1. The summed E-state index contributed by atoms with van der Waals surface area (Å²) in [7, 11) is 0. The summed E-state index contributed by atoms with van der Waals surface area (Å²) in [6, 6.07) is 4.21. The maximum atomic E-state index is 13.1. The third kappa shape index (κ3) is 3.11. The lowest BCUT2D eigenvalue weighted by atomic mass is 10.1. The van der Waals surface area contributed by atoms with Gasteiger partial charge in [-0.1, -0.05) is 0 Å². The van der Waals surface area contributed by atoms with Gasteiger partial charge in [0.2, 0.25) is 0 Å². The van der Waals surface area contributed by atoms with Crippen molar-refractivity contribution in [2.24, 2.45) is 5.73 Å². The molecule has 2 rings (SSSR count). The first-order chi connectivity index (χ1) is 9.01. The normalized spacial score (nSPS) is 23.5. The van der Waals surface area contributed by atoms with Crippen LogP contribution in [0.1, 0.15) is 22.8 Å². The molecule has 2 N–H and O–H groups in total. The number of rotatable bonds is 2. The van der Waals surface area contributed by atoms with Gasteiger partial charge in [-0.2, -0.15) is 0 Å². The number of hydrogen-bond donors (Lipinski definition) is 1. The monoisotopic (exact) mass is 266 g/mol. The van der Waals surface area contributed by atoms with E-state index in [-0.39, 0.29) is 23.9 Å². The van der Waals surface area contributed by atoms with E-state index in [4.69, 9.17) is 10.5 Å². The predicted octanol–water partition coefficient (Wildman–Crippen LogP) is 1.32. The quantitative estimate of drug-likeness (QED) is 0.878. The Morgan fingerprint density at radius 3 is 2.89 bits per heavy atom. The van der Waals surface area contributed by atoms with Gasteiger partial charge in [-0.15, -0.1) is 0 Å². The van der Waals surface area contributed by atoms with Crippen LogP contribution in [0.15, 0.2) is 18.2 Å². The minimum atomic E-state index is -0.329. The SMILES string of the molecule is Cc1cc(F)ccc1C(=O)N1CC(C)OC(CN)C1. The molecular weight excluding hydrogens is 247 g/mol. The summed E-state index contributed by atoms with van der Waals surface area (Å²) in [6.45, 7) is 5.05. The molecule has 2 unspecified atom stereocenters. The van der Waals surface area contributed by atoms with E-state index in [1.807, 2.05) is 6.92 Å². The molecule has 0 bridgehead atoms. The molecule has 1 aliphatic rings. The Kier molecular flexibility index (Phi) is 4.17. The van der Waals surface area contributed by atoms with Crippen molar-refractivity contribution < 1.29 is 13.9 Å². The van der Waals surface area contributed by atoms with Gasteiger partial charge < -0.3 is 15.4 Å². The highest BCUT2D eigenvalue weighted by Crippen LogP contribution is 2.17. The van der Waals surface area contributed by atoms with Crippen LogP contribution in [0.3, 0.4) is 0 Å². The number of benzene rings is 1. The molecule has 1 fully saturated rings. The Balaban J connectivity index is 2.18. The lowest BCUT2D eigenvalue weighted by Gasteiger charge is -2.36. The van der Waals surface area contributed by atoms with Gasteiger partial charge in [-0.3, -0.25) is 4.79 Å². The summed E-state index contributed by atoms with van der Waals surface area (Å²) in [5, 5.41) is 0. The molecule has 104 valence electrons. The molecule has 1 amide bonds. The van der Waals surface area contributed by atoms with Gasteiger partial charge in [0.05, 0.1) is 12.2 Å². The molecule has 1 saturated heterocycles.